The van der Waals surface area contributed by atoms with Gasteiger partial charge >= 0.3 is 0 Å². The molecule has 1 aromatic carbocycles. The Kier molecular flexibility index (Phi) is 4.60. The van der Waals surface area contributed by atoms with Gasteiger partial charge in [-0.25, -0.2) is 4.39 Å². The van der Waals surface area contributed by atoms with Crippen LogP contribution in [-0.2, 0) is 4.79 Å². The number of carbonyl (C=O) groups is 1. The van der Waals surface area contributed by atoms with Crippen LogP contribution in [0, 0.1) is 11.7 Å². The third kappa shape index (κ3) is 3.10. The SMILES string of the molecule is CNC(=O)C1CCCN(c2ccc(F)cc2[C@@H](C)N)C1. The number of benzene rings is 1. The Balaban J connectivity index is 2.24. The summed E-state index contributed by atoms with van der Waals surface area (Å²) in [6, 6.07) is 4.47. The van der Waals surface area contributed by atoms with E-state index in [-0.39, 0.29) is 23.7 Å². The summed E-state index contributed by atoms with van der Waals surface area (Å²) in [7, 11) is 1.66. The van der Waals surface area contributed by atoms with E-state index in [0.29, 0.717) is 6.54 Å². The lowest BCUT2D eigenvalue weighted by Crippen LogP contribution is -2.42. The van der Waals surface area contributed by atoms with Gasteiger partial charge in [-0.05, 0) is 43.5 Å². The lowest BCUT2D eigenvalue weighted by molar-refractivity contribution is -0.124. The van der Waals surface area contributed by atoms with Crippen LogP contribution in [0.3, 0.4) is 0 Å². The fraction of sp³-hybridized carbons (Fsp3) is 0.533. The molecule has 1 heterocycles. The zero-order chi connectivity index (χ0) is 14.7. The summed E-state index contributed by atoms with van der Waals surface area (Å²) in [5, 5.41) is 2.70. The van der Waals surface area contributed by atoms with Crippen molar-refractivity contribution in [2.24, 2.45) is 11.7 Å². The van der Waals surface area contributed by atoms with Gasteiger partial charge in [0.2, 0.25) is 5.91 Å². The molecule has 2 atom stereocenters. The van der Waals surface area contributed by atoms with Gasteiger partial charge in [0.05, 0.1) is 5.92 Å². The number of halogens is 1. The van der Waals surface area contributed by atoms with Crippen molar-refractivity contribution in [3.05, 3.63) is 29.6 Å². The average Bonchev–Trinajstić information content (AvgIpc) is 2.46. The lowest BCUT2D eigenvalue weighted by atomic mass is 9.95. The second-order valence-corrected chi connectivity index (χ2v) is 5.39. The molecule has 0 radical (unpaired) electrons. The van der Waals surface area contributed by atoms with Gasteiger partial charge in [0.15, 0.2) is 0 Å². The minimum Gasteiger partial charge on any atom is -0.370 e. The number of piperidine rings is 1. The Hall–Kier alpha value is -1.62. The minimum absolute atomic E-state index is 0.0141. The molecule has 2 rings (SSSR count). The minimum atomic E-state index is -0.277. The molecule has 20 heavy (non-hydrogen) atoms. The van der Waals surface area contributed by atoms with E-state index in [1.807, 2.05) is 6.92 Å². The van der Waals surface area contributed by atoms with Crippen molar-refractivity contribution in [2.75, 3.05) is 25.0 Å². The number of rotatable bonds is 3. The zero-order valence-corrected chi connectivity index (χ0v) is 12.0. The van der Waals surface area contributed by atoms with Gasteiger partial charge < -0.3 is 16.0 Å². The van der Waals surface area contributed by atoms with Gasteiger partial charge in [-0.1, -0.05) is 0 Å². The first-order chi connectivity index (χ1) is 9.52. The van der Waals surface area contributed by atoms with Crippen LogP contribution in [0.5, 0.6) is 0 Å². The molecule has 1 aliphatic rings. The molecule has 1 saturated heterocycles. The summed E-state index contributed by atoms with van der Waals surface area (Å²) in [5.41, 5.74) is 7.67. The molecule has 1 fully saturated rings. The standard InChI is InChI=1S/C15H22FN3O/c1-10(17)13-8-12(16)5-6-14(13)19-7-3-4-11(9-19)15(20)18-2/h5-6,8,10-11H,3-4,7,9,17H2,1-2H3,(H,18,20)/t10-,11?/m1/s1. The van der Waals surface area contributed by atoms with E-state index in [1.54, 1.807) is 13.1 Å². The highest BCUT2D eigenvalue weighted by Gasteiger charge is 2.26. The summed E-state index contributed by atoms with van der Waals surface area (Å²) in [5.74, 6) is -0.222. The molecule has 3 N–H and O–H groups in total. The maximum atomic E-state index is 13.4. The van der Waals surface area contributed by atoms with Crippen LogP contribution in [0.25, 0.3) is 0 Å². The predicted octanol–water partition coefficient (Wildman–Crippen LogP) is 1.81. The summed E-state index contributed by atoms with van der Waals surface area (Å²) in [6.07, 6.45) is 1.85. The number of amides is 1. The molecular weight excluding hydrogens is 257 g/mol. The number of nitrogens with two attached hydrogens (primary N) is 1. The lowest BCUT2D eigenvalue weighted by Gasteiger charge is -2.35. The number of hydrogen-bond acceptors (Lipinski definition) is 3. The normalized spacial score (nSPS) is 20.6. The van der Waals surface area contributed by atoms with Crippen LogP contribution >= 0.6 is 0 Å². The van der Waals surface area contributed by atoms with Gasteiger partial charge in [-0.3, -0.25) is 4.79 Å². The Morgan fingerprint density at radius 1 is 1.55 bits per heavy atom. The molecular formula is C15H22FN3O. The highest BCUT2D eigenvalue weighted by molar-refractivity contribution is 5.79. The van der Waals surface area contributed by atoms with E-state index in [1.165, 1.54) is 12.1 Å². The third-order valence-corrected chi connectivity index (χ3v) is 3.86. The number of nitrogens with zero attached hydrogens (tertiary/aromatic N) is 1. The molecule has 1 unspecified atom stereocenters. The van der Waals surface area contributed by atoms with Crippen molar-refractivity contribution in [3.63, 3.8) is 0 Å². The zero-order valence-electron chi connectivity index (χ0n) is 12.0. The van der Waals surface area contributed by atoms with Crippen LogP contribution in [0.15, 0.2) is 18.2 Å². The first kappa shape index (κ1) is 14.8. The summed E-state index contributed by atoms with van der Waals surface area (Å²) < 4.78 is 13.4. The molecule has 1 amide bonds. The highest BCUT2D eigenvalue weighted by atomic mass is 19.1. The second-order valence-electron chi connectivity index (χ2n) is 5.39. The first-order valence-electron chi connectivity index (χ1n) is 7.04. The van der Waals surface area contributed by atoms with Crippen LogP contribution in [0.2, 0.25) is 0 Å². The van der Waals surface area contributed by atoms with Gasteiger partial charge in [0, 0.05) is 31.9 Å². The fourth-order valence-electron chi connectivity index (χ4n) is 2.79. The maximum absolute atomic E-state index is 13.4. The quantitative estimate of drug-likeness (QED) is 0.887. The van der Waals surface area contributed by atoms with Crippen molar-refractivity contribution >= 4 is 11.6 Å². The number of nitrogens with one attached hydrogen (secondary N) is 1. The highest BCUT2D eigenvalue weighted by Crippen LogP contribution is 2.30. The molecule has 5 heteroatoms. The Morgan fingerprint density at radius 3 is 2.95 bits per heavy atom. The van der Waals surface area contributed by atoms with E-state index < -0.39 is 0 Å². The van der Waals surface area contributed by atoms with E-state index in [4.69, 9.17) is 5.73 Å². The van der Waals surface area contributed by atoms with Crippen LogP contribution in [0.1, 0.15) is 31.4 Å². The van der Waals surface area contributed by atoms with E-state index in [0.717, 1.165) is 30.6 Å². The first-order valence-corrected chi connectivity index (χ1v) is 7.04. The topological polar surface area (TPSA) is 58.4 Å². The molecule has 1 aliphatic heterocycles. The van der Waals surface area contributed by atoms with Crippen molar-refractivity contribution in [1.29, 1.82) is 0 Å². The number of anilines is 1. The monoisotopic (exact) mass is 279 g/mol. The van der Waals surface area contributed by atoms with Crippen LogP contribution in [0.4, 0.5) is 10.1 Å². The summed E-state index contributed by atoms with van der Waals surface area (Å²) in [6.45, 7) is 3.38. The molecule has 0 spiro atoms. The van der Waals surface area contributed by atoms with Crippen LogP contribution in [-0.4, -0.2) is 26.0 Å². The average molecular weight is 279 g/mol. The Labute approximate surface area is 119 Å². The van der Waals surface area contributed by atoms with E-state index >= 15 is 0 Å². The van der Waals surface area contributed by atoms with Gasteiger partial charge in [-0.2, -0.15) is 0 Å². The number of hydrogen-bond donors (Lipinski definition) is 2. The number of carbonyl (C=O) groups excluding carboxylic acids is 1. The van der Waals surface area contributed by atoms with Crippen molar-refractivity contribution in [1.82, 2.24) is 5.32 Å². The molecule has 0 aliphatic carbocycles. The Bertz CT molecular complexity index is 490. The maximum Gasteiger partial charge on any atom is 0.224 e. The predicted molar refractivity (Wildman–Crippen MR) is 78.0 cm³/mol. The molecule has 0 saturated carbocycles. The van der Waals surface area contributed by atoms with Gasteiger partial charge in [0.1, 0.15) is 5.82 Å². The largest absolute Gasteiger partial charge is 0.370 e. The smallest absolute Gasteiger partial charge is 0.224 e. The molecule has 0 aromatic heterocycles. The third-order valence-electron chi connectivity index (χ3n) is 3.86. The molecule has 4 nitrogen and oxygen atoms in total. The van der Waals surface area contributed by atoms with Crippen LogP contribution < -0.4 is 16.0 Å². The van der Waals surface area contributed by atoms with Crippen molar-refractivity contribution < 1.29 is 9.18 Å². The van der Waals surface area contributed by atoms with Crippen molar-refractivity contribution in [2.45, 2.75) is 25.8 Å². The van der Waals surface area contributed by atoms with Crippen molar-refractivity contribution in [3.8, 4) is 0 Å². The van der Waals surface area contributed by atoms with Gasteiger partial charge in [0.25, 0.3) is 0 Å². The fourth-order valence-corrected chi connectivity index (χ4v) is 2.79. The summed E-state index contributed by atoms with van der Waals surface area (Å²) >= 11 is 0. The summed E-state index contributed by atoms with van der Waals surface area (Å²) in [4.78, 5) is 13.9. The van der Waals surface area contributed by atoms with E-state index in [2.05, 4.69) is 10.2 Å². The molecule has 0 bridgehead atoms. The van der Waals surface area contributed by atoms with E-state index in [9.17, 15) is 9.18 Å². The molecule has 1 aromatic rings. The van der Waals surface area contributed by atoms with Gasteiger partial charge in [-0.15, -0.1) is 0 Å². The molecule has 110 valence electrons. The Morgan fingerprint density at radius 2 is 2.30 bits per heavy atom. The second kappa shape index (κ2) is 6.22.